The Bertz CT molecular complexity index is 337. The van der Waals surface area contributed by atoms with Crippen molar-refractivity contribution in [1.29, 1.82) is 0 Å². The summed E-state index contributed by atoms with van der Waals surface area (Å²) in [5.74, 6) is -0.320. The first kappa shape index (κ1) is 13.3. The molecule has 4 N–H and O–H groups in total. The lowest BCUT2D eigenvalue weighted by Crippen LogP contribution is -2.56. The van der Waals surface area contributed by atoms with Crippen LogP contribution >= 0.6 is 0 Å². The van der Waals surface area contributed by atoms with Crippen LogP contribution in [0.25, 0.3) is 0 Å². The van der Waals surface area contributed by atoms with E-state index in [4.69, 9.17) is 11.5 Å². The second-order valence-corrected chi connectivity index (χ2v) is 5.60. The van der Waals surface area contributed by atoms with E-state index in [-0.39, 0.29) is 11.8 Å². The fraction of sp³-hybridized carbons (Fsp3) is 0.846. The van der Waals surface area contributed by atoms with Gasteiger partial charge < -0.3 is 16.4 Å². The molecule has 1 saturated carbocycles. The summed E-state index contributed by atoms with van der Waals surface area (Å²) >= 11 is 0. The molecule has 0 aromatic heterocycles. The lowest BCUT2D eigenvalue weighted by atomic mass is 9.83. The highest BCUT2D eigenvalue weighted by Gasteiger charge is 2.45. The molecule has 18 heavy (non-hydrogen) atoms. The predicted octanol–water partition coefficient (Wildman–Crippen LogP) is 0.372. The van der Waals surface area contributed by atoms with Crippen molar-refractivity contribution in [1.82, 2.24) is 4.90 Å². The first-order valence-electron chi connectivity index (χ1n) is 6.91. The highest BCUT2D eigenvalue weighted by atomic mass is 16.2. The van der Waals surface area contributed by atoms with Crippen molar-refractivity contribution >= 4 is 11.8 Å². The first-order chi connectivity index (χ1) is 8.60. The van der Waals surface area contributed by atoms with Crippen LogP contribution in [0.1, 0.15) is 44.9 Å². The summed E-state index contributed by atoms with van der Waals surface area (Å²) in [6.45, 7) is 1.03. The molecule has 5 heteroatoms. The van der Waals surface area contributed by atoms with Gasteiger partial charge in [0.2, 0.25) is 11.8 Å². The summed E-state index contributed by atoms with van der Waals surface area (Å²) in [7, 11) is 0. The van der Waals surface area contributed by atoms with E-state index in [0.29, 0.717) is 19.5 Å². The van der Waals surface area contributed by atoms with E-state index in [1.807, 2.05) is 0 Å². The zero-order chi connectivity index (χ0) is 13.2. The van der Waals surface area contributed by atoms with Gasteiger partial charge in [-0.3, -0.25) is 9.59 Å². The number of nitrogens with zero attached hydrogens (tertiary/aromatic N) is 1. The Kier molecular flexibility index (Phi) is 3.90. The molecule has 0 aromatic rings. The number of likely N-dealkylation sites (tertiary alicyclic amines) is 1. The summed E-state index contributed by atoms with van der Waals surface area (Å²) in [5, 5.41) is 0. The lowest BCUT2D eigenvalue weighted by molar-refractivity contribution is -0.149. The smallest absolute Gasteiger partial charge is 0.240 e. The van der Waals surface area contributed by atoms with Crippen molar-refractivity contribution in [2.45, 2.75) is 51.0 Å². The first-order valence-corrected chi connectivity index (χ1v) is 6.91. The molecule has 5 nitrogen and oxygen atoms in total. The van der Waals surface area contributed by atoms with Crippen LogP contribution in [0.15, 0.2) is 0 Å². The molecule has 1 unspecified atom stereocenters. The Morgan fingerprint density at radius 3 is 2.39 bits per heavy atom. The van der Waals surface area contributed by atoms with Gasteiger partial charge in [0.05, 0.1) is 5.41 Å². The van der Waals surface area contributed by atoms with Crippen LogP contribution in [-0.2, 0) is 9.59 Å². The number of amides is 2. The molecule has 102 valence electrons. The van der Waals surface area contributed by atoms with Crippen LogP contribution in [0, 0.1) is 5.41 Å². The molecule has 0 aromatic carbocycles. The number of hydrogen-bond donors (Lipinski definition) is 2. The van der Waals surface area contributed by atoms with E-state index in [2.05, 4.69) is 0 Å². The molecule has 0 radical (unpaired) electrons. The quantitative estimate of drug-likeness (QED) is 0.761. The maximum Gasteiger partial charge on any atom is 0.240 e. The number of hydrogen-bond acceptors (Lipinski definition) is 3. The Balaban J connectivity index is 2.17. The standard InChI is InChI=1S/C13H23N3O2/c14-9-13(6-2-3-7-13)12(18)16-8-4-1-5-10(16)11(15)17/h10H,1-9,14H2,(H2,15,17). The maximum atomic E-state index is 12.7. The Morgan fingerprint density at radius 1 is 1.17 bits per heavy atom. The van der Waals surface area contributed by atoms with Gasteiger partial charge in [-0.25, -0.2) is 0 Å². The predicted molar refractivity (Wildman–Crippen MR) is 68.5 cm³/mol. The van der Waals surface area contributed by atoms with Crippen LogP contribution in [-0.4, -0.2) is 35.8 Å². The van der Waals surface area contributed by atoms with E-state index < -0.39 is 11.5 Å². The van der Waals surface area contributed by atoms with Crippen LogP contribution < -0.4 is 11.5 Å². The Labute approximate surface area is 108 Å². The summed E-state index contributed by atoms with van der Waals surface area (Å²) in [6.07, 6.45) is 6.43. The molecule has 1 aliphatic carbocycles. The third-order valence-electron chi connectivity index (χ3n) is 4.50. The van der Waals surface area contributed by atoms with Gasteiger partial charge in [-0.2, -0.15) is 0 Å². The molecular weight excluding hydrogens is 230 g/mol. The number of primary amides is 1. The van der Waals surface area contributed by atoms with Crippen molar-refractivity contribution in [3.8, 4) is 0 Å². The third kappa shape index (κ3) is 2.23. The molecule has 2 fully saturated rings. The van der Waals surface area contributed by atoms with Crippen molar-refractivity contribution in [2.24, 2.45) is 16.9 Å². The SMILES string of the molecule is NCC1(C(=O)N2CCCCC2C(N)=O)CCCC1. The van der Waals surface area contributed by atoms with Gasteiger partial charge >= 0.3 is 0 Å². The molecular formula is C13H23N3O2. The number of carbonyl (C=O) groups excluding carboxylic acids is 2. The molecule has 2 rings (SSSR count). The number of rotatable bonds is 3. The number of nitrogens with two attached hydrogens (primary N) is 2. The summed E-state index contributed by atoms with van der Waals surface area (Å²) in [5.41, 5.74) is 10.8. The molecule has 2 aliphatic rings. The van der Waals surface area contributed by atoms with E-state index in [1.54, 1.807) is 4.90 Å². The minimum absolute atomic E-state index is 0.0611. The van der Waals surface area contributed by atoms with E-state index in [0.717, 1.165) is 38.5 Å². The van der Waals surface area contributed by atoms with Crippen molar-refractivity contribution in [3.05, 3.63) is 0 Å². The molecule has 1 heterocycles. The topological polar surface area (TPSA) is 89.4 Å². The van der Waals surface area contributed by atoms with Gasteiger partial charge in [0, 0.05) is 13.1 Å². The third-order valence-corrected chi connectivity index (χ3v) is 4.50. The van der Waals surface area contributed by atoms with E-state index in [9.17, 15) is 9.59 Å². The number of carbonyl (C=O) groups is 2. The highest BCUT2D eigenvalue weighted by Crippen LogP contribution is 2.40. The van der Waals surface area contributed by atoms with Crippen LogP contribution in [0.5, 0.6) is 0 Å². The zero-order valence-corrected chi connectivity index (χ0v) is 10.9. The van der Waals surface area contributed by atoms with Gasteiger partial charge in [-0.1, -0.05) is 12.8 Å². The monoisotopic (exact) mass is 253 g/mol. The maximum absolute atomic E-state index is 12.7. The van der Waals surface area contributed by atoms with Gasteiger partial charge in [0.25, 0.3) is 0 Å². The van der Waals surface area contributed by atoms with Crippen molar-refractivity contribution in [3.63, 3.8) is 0 Å². The van der Waals surface area contributed by atoms with Gasteiger partial charge in [0.15, 0.2) is 0 Å². The minimum Gasteiger partial charge on any atom is -0.368 e. The fourth-order valence-electron chi connectivity index (χ4n) is 3.33. The average molecular weight is 253 g/mol. The Hall–Kier alpha value is -1.10. The molecule has 1 saturated heterocycles. The summed E-state index contributed by atoms with van der Waals surface area (Å²) in [6, 6.07) is -0.421. The second kappa shape index (κ2) is 5.26. The summed E-state index contributed by atoms with van der Waals surface area (Å²) in [4.78, 5) is 25.9. The van der Waals surface area contributed by atoms with Crippen LogP contribution in [0.4, 0.5) is 0 Å². The molecule has 2 amide bonds. The van der Waals surface area contributed by atoms with Crippen molar-refractivity contribution < 1.29 is 9.59 Å². The normalized spacial score (nSPS) is 27.2. The summed E-state index contributed by atoms with van der Waals surface area (Å²) < 4.78 is 0. The van der Waals surface area contributed by atoms with Gasteiger partial charge in [-0.15, -0.1) is 0 Å². The van der Waals surface area contributed by atoms with E-state index in [1.165, 1.54) is 0 Å². The highest BCUT2D eigenvalue weighted by molar-refractivity contribution is 5.90. The van der Waals surface area contributed by atoms with Crippen molar-refractivity contribution in [2.75, 3.05) is 13.1 Å². The zero-order valence-electron chi connectivity index (χ0n) is 10.9. The van der Waals surface area contributed by atoms with E-state index >= 15 is 0 Å². The molecule has 0 spiro atoms. The minimum atomic E-state index is -0.426. The Morgan fingerprint density at radius 2 is 1.83 bits per heavy atom. The van der Waals surface area contributed by atoms with Gasteiger partial charge in [-0.05, 0) is 32.1 Å². The number of piperidine rings is 1. The van der Waals surface area contributed by atoms with Crippen LogP contribution in [0.3, 0.4) is 0 Å². The molecule has 0 bridgehead atoms. The van der Waals surface area contributed by atoms with Gasteiger partial charge in [0.1, 0.15) is 6.04 Å². The molecule has 1 aliphatic heterocycles. The average Bonchev–Trinajstić information content (AvgIpc) is 2.87. The molecule has 1 atom stereocenters. The van der Waals surface area contributed by atoms with Crippen LogP contribution in [0.2, 0.25) is 0 Å². The second-order valence-electron chi connectivity index (χ2n) is 5.60. The fourth-order valence-corrected chi connectivity index (χ4v) is 3.33. The largest absolute Gasteiger partial charge is 0.368 e. The lowest BCUT2D eigenvalue weighted by Gasteiger charge is -2.39.